The number of benzene rings is 2. The number of allylic oxidation sites excluding steroid dienone is 1. The minimum Gasteiger partial charge on any atom is -0.488 e. The van der Waals surface area contributed by atoms with Gasteiger partial charge in [0.25, 0.3) is 0 Å². The fourth-order valence-electron chi connectivity index (χ4n) is 2.68. The van der Waals surface area contributed by atoms with Gasteiger partial charge in [-0.05, 0) is 35.7 Å². The molecule has 0 amide bonds. The van der Waals surface area contributed by atoms with Gasteiger partial charge >= 0.3 is 0 Å². The van der Waals surface area contributed by atoms with Gasteiger partial charge < -0.3 is 4.74 Å². The van der Waals surface area contributed by atoms with Gasteiger partial charge in [-0.2, -0.15) is 5.26 Å². The Hall–Kier alpha value is -2.12. The Morgan fingerprint density at radius 1 is 1.27 bits per heavy atom. The number of alkyl halides is 1. The molecule has 0 atom stereocenters. The number of fused-ring (bicyclic) bond motifs is 2. The van der Waals surface area contributed by atoms with E-state index in [1.54, 1.807) is 13.0 Å². The Labute approximate surface area is 137 Å². The zero-order valence-corrected chi connectivity index (χ0v) is 13.6. The van der Waals surface area contributed by atoms with Gasteiger partial charge in [-0.25, -0.2) is 4.39 Å². The smallest absolute Gasteiger partial charge is 0.130 e. The molecule has 0 bridgehead atoms. The van der Waals surface area contributed by atoms with Crippen LogP contribution < -0.4 is 4.74 Å². The van der Waals surface area contributed by atoms with Crippen molar-refractivity contribution in [3.8, 4) is 11.8 Å². The maximum atomic E-state index is 13.5. The number of hydrogen-bond donors (Lipinski definition) is 0. The van der Waals surface area contributed by atoms with E-state index in [4.69, 9.17) is 4.74 Å². The lowest BCUT2D eigenvalue weighted by atomic mass is 9.90. The third kappa shape index (κ3) is 2.53. The Morgan fingerprint density at radius 2 is 2.05 bits per heavy atom. The molecule has 3 rings (SSSR count). The first kappa shape index (κ1) is 14.8. The molecule has 0 saturated heterocycles. The first-order valence-corrected chi connectivity index (χ1v) is 7.98. The summed E-state index contributed by atoms with van der Waals surface area (Å²) in [4.78, 5) is 0. The van der Waals surface area contributed by atoms with Crippen molar-refractivity contribution in [2.45, 2.75) is 18.9 Å². The summed E-state index contributed by atoms with van der Waals surface area (Å²) >= 11 is 3.45. The zero-order chi connectivity index (χ0) is 15.7. The van der Waals surface area contributed by atoms with Crippen molar-refractivity contribution in [3.05, 3.63) is 70.0 Å². The van der Waals surface area contributed by atoms with Gasteiger partial charge in [-0.1, -0.05) is 34.1 Å². The number of nitrogens with zero attached hydrogens (tertiary/aromatic N) is 1. The second kappa shape index (κ2) is 5.94. The van der Waals surface area contributed by atoms with Crippen molar-refractivity contribution in [2.24, 2.45) is 0 Å². The van der Waals surface area contributed by atoms with Crippen LogP contribution >= 0.6 is 15.9 Å². The molecule has 2 aromatic rings. The highest BCUT2D eigenvalue weighted by atomic mass is 79.9. The van der Waals surface area contributed by atoms with Crippen LogP contribution in [0.5, 0.6) is 5.75 Å². The summed E-state index contributed by atoms with van der Waals surface area (Å²) in [6.45, 7) is 2.13. The van der Waals surface area contributed by atoms with Crippen LogP contribution in [-0.4, -0.2) is 0 Å². The van der Waals surface area contributed by atoms with Crippen LogP contribution in [0.4, 0.5) is 4.39 Å². The molecule has 0 fully saturated rings. The number of ether oxygens (including phenoxy) is 1. The quantitative estimate of drug-likeness (QED) is 0.533. The zero-order valence-electron chi connectivity index (χ0n) is 12.0. The molecule has 0 spiro atoms. The Morgan fingerprint density at radius 3 is 2.77 bits per heavy atom. The second-order valence-corrected chi connectivity index (χ2v) is 5.73. The lowest BCUT2D eigenvalue weighted by Gasteiger charge is -2.12. The van der Waals surface area contributed by atoms with Gasteiger partial charge in [-0.3, -0.25) is 0 Å². The van der Waals surface area contributed by atoms with Crippen molar-refractivity contribution in [2.75, 3.05) is 0 Å². The number of rotatable bonds is 1. The molecule has 0 saturated carbocycles. The minimum atomic E-state index is -0.347. The molecule has 110 valence electrons. The van der Waals surface area contributed by atoms with E-state index < -0.39 is 0 Å². The van der Waals surface area contributed by atoms with Crippen LogP contribution in [0.15, 0.2) is 42.0 Å². The van der Waals surface area contributed by atoms with Crippen molar-refractivity contribution >= 4 is 21.5 Å². The van der Waals surface area contributed by atoms with E-state index in [-0.39, 0.29) is 5.82 Å². The summed E-state index contributed by atoms with van der Waals surface area (Å²) < 4.78 is 19.3. The summed E-state index contributed by atoms with van der Waals surface area (Å²) in [6, 6.07) is 12.7. The lowest BCUT2D eigenvalue weighted by molar-refractivity contribution is 0.305. The van der Waals surface area contributed by atoms with Crippen molar-refractivity contribution in [1.29, 1.82) is 5.26 Å². The monoisotopic (exact) mass is 357 g/mol. The fraction of sp³-hybridized carbons (Fsp3) is 0.167. The van der Waals surface area contributed by atoms with Crippen molar-refractivity contribution < 1.29 is 9.13 Å². The molecular formula is C18H13BrFNO. The maximum Gasteiger partial charge on any atom is 0.130 e. The summed E-state index contributed by atoms with van der Waals surface area (Å²) in [7, 11) is 0. The SMILES string of the molecule is CC(C#N)=C1c2ccc(CBr)cc2COc2cc(F)ccc21. The van der Waals surface area contributed by atoms with Gasteiger partial charge in [0.15, 0.2) is 0 Å². The standard InChI is InChI=1S/C18H13BrFNO/c1-11(9-21)18-15-4-2-12(8-19)6-13(15)10-22-17-7-14(20)3-5-16(17)18/h2-7H,8,10H2,1H3. The first-order chi connectivity index (χ1) is 10.6. The minimum absolute atomic E-state index is 0.347. The molecule has 0 radical (unpaired) electrons. The average molecular weight is 358 g/mol. The van der Waals surface area contributed by atoms with E-state index in [9.17, 15) is 9.65 Å². The third-order valence-electron chi connectivity index (χ3n) is 3.73. The molecular weight excluding hydrogens is 345 g/mol. The molecule has 1 aliphatic rings. The average Bonchev–Trinajstić information content (AvgIpc) is 2.70. The lowest BCUT2D eigenvalue weighted by Crippen LogP contribution is -1.97. The molecule has 1 aliphatic heterocycles. The highest BCUT2D eigenvalue weighted by molar-refractivity contribution is 9.08. The van der Waals surface area contributed by atoms with Gasteiger partial charge in [0.1, 0.15) is 18.2 Å². The molecule has 2 aromatic carbocycles. The van der Waals surface area contributed by atoms with Gasteiger partial charge in [-0.15, -0.1) is 0 Å². The number of halogens is 2. The predicted molar refractivity (Wildman–Crippen MR) is 87.1 cm³/mol. The largest absolute Gasteiger partial charge is 0.488 e. The van der Waals surface area contributed by atoms with E-state index in [0.29, 0.717) is 17.9 Å². The molecule has 0 N–H and O–H groups in total. The van der Waals surface area contributed by atoms with Crippen LogP contribution in [0.1, 0.15) is 29.2 Å². The van der Waals surface area contributed by atoms with Crippen LogP contribution in [-0.2, 0) is 11.9 Å². The first-order valence-electron chi connectivity index (χ1n) is 6.86. The van der Waals surface area contributed by atoms with E-state index in [2.05, 4.69) is 28.1 Å². The summed E-state index contributed by atoms with van der Waals surface area (Å²) in [6.07, 6.45) is 0. The molecule has 22 heavy (non-hydrogen) atoms. The Balaban J connectivity index is 2.30. The topological polar surface area (TPSA) is 33.0 Å². The maximum absolute atomic E-state index is 13.5. The number of hydrogen-bond acceptors (Lipinski definition) is 2. The fourth-order valence-corrected chi connectivity index (χ4v) is 3.02. The molecule has 0 aliphatic carbocycles. The van der Waals surface area contributed by atoms with Crippen LogP contribution in [0.3, 0.4) is 0 Å². The molecule has 4 heteroatoms. The molecule has 0 unspecified atom stereocenters. The van der Waals surface area contributed by atoms with E-state index in [0.717, 1.165) is 33.2 Å². The number of nitriles is 1. The van der Waals surface area contributed by atoms with Crippen LogP contribution in [0.25, 0.3) is 5.57 Å². The predicted octanol–water partition coefficient (Wildman–Crippen LogP) is 4.96. The summed E-state index contributed by atoms with van der Waals surface area (Å²) in [5.41, 5.74) is 5.25. The Bertz CT molecular complexity index is 820. The molecule has 2 nitrogen and oxygen atoms in total. The molecule has 1 heterocycles. The highest BCUT2D eigenvalue weighted by Gasteiger charge is 2.22. The van der Waals surface area contributed by atoms with Crippen molar-refractivity contribution in [1.82, 2.24) is 0 Å². The second-order valence-electron chi connectivity index (χ2n) is 5.17. The van der Waals surface area contributed by atoms with E-state index in [1.165, 1.54) is 12.1 Å². The molecule has 0 aromatic heterocycles. The van der Waals surface area contributed by atoms with E-state index >= 15 is 0 Å². The Kier molecular flexibility index (Phi) is 4.00. The van der Waals surface area contributed by atoms with E-state index in [1.807, 2.05) is 12.1 Å². The summed E-state index contributed by atoms with van der Waals surface area (Å²) in [5, 5.41) is 10.1. The van der Waals surface area contributed by atoms with Crippen LogP contribution in [0, 0.1) is 17.1 Å². The van der Waals surface area contributed by atoms with Gasteiger partial charge in [0.2, 0.25) is 0 Å². The van der Waals surface area contributed by atoms with Crippen molar-refractivity contribution in [3.63, 3.8) is 0 Å². The summed E-state index contributed by atoms with van der Waals surface area (Å²) in [5.74, 6) is 0.126. The third-order valence-corrected chi connectivity index (χ3v) is 4.38. The van der Waals surface area contributed by atoms with Crippen LogP contribution in [0.2, 0.25) is 0 Å². The van der Waals surface area contributed by atoms with Gasteiger partial charge in [0.05, 0.1) is 6.07 Å². The highest BCUT2D eigenvalue weighted by Crippen LogP contribution is 2.39. The van der Waals surface area contributed by atoms with Gasteiger partial charge in [0, 0.05) is 28.1 Å². The normalized spacial score (nSPS) is 15.0.